The maximum absolute atomic E-state index is 12.3. The Balaban J connectivity index is 1.29. The number of rotatable bonds is 3. The molecule has 0 N–H and O–H groups in total. The average molecular weight is 280 g/mol. The second kappa shape index (κ2) is 4.70. The number of ether oxygens (including phenoxy) is 3. The van der Waals surface area contributed by atoms with Gasteiger partial charge in [-0.2, -0.15) is 0 Å². The molecule has 2 aliphatic heterocycles. The Morgan fingerprint density at radius 1 is 0.950 bits per heavy atom. The average Bonchev–Trinajstić information content (AvgIpc) is 3.29. The van der Waals surface area contributed by atoms with E-state index in [9.17, 15) is 4.79 Å². The molecule has 20 heavy (non-hydrogen) atoms. The van der Waals surface area contributed by atoms with Crippen LogP contribution in [-0.2, 0) is 19.0 Å². The van der Waals surface area contributed by atoms with Gasteiger partial charge in [0.15, 0.2) is 0 Å². The van der Waals surface area contributed by atoms with Crippen molar-refractivity contribution in [3.63, 3.8) is 0 Å². The molecule has 0 aromatic heterocycles. The van der Waals surface area contributed by atoms with Crippen LogP contribution in [0.4, 0.5) is 0 Å². The molecule has 2 heterocycles. The van der Waals surface area contributed by atoms with Crippen LogP contribution in [0, 0.1) is 23.7 Å². The zero-order valence-electron chi connectivity index (χ0n) is 12.3. The number of esters is 1. The summed E-state index contributed by atoms with van der Waals surface area (Å²) < 4.78 is 16.8. The van der Waals surface area contributed by atoms with Crippen molar-refractivity contribution in [1.82, 2.24) is 0 Å². The van der Waals surface area contributed by atoms with Crippen LogP contribution in [0.15, 0.2) is 0 Å². The van der Waals surface area contributed by atoms with E-state index in [2.05, 4.69) is 13.8 Å². The van der Waals surface area contributed by atoms with E-state index < -0.39 is 0 Å². The molecule has 0 spiro atoms. The number of hydrogen-bond acceptors (Lipinski definition) is 4. The van der Waals surface area contributed by atoms with E-state index >= 15 is 0 Å². The minimum Gasteiger partial charge on any atom is -0.465 e. The van der Waals surface area contributed by atoms with Crippen molar-refractivity contribution in [2.24, 2.45) is 23.7 Å². The lowest BCUT2D eigenvalue weighted by molar-refractivity contribution is -0.153. The number of fused-ring (bicyclic) bond motifs is 2. The second-order valence-electron chi connectivity index (χ2n) is 7.32. The van der Waals surface area contributed by atoms with Gasteiger partial charge in [-0.15, -0.1) is 0 Å². The van der Waals surface area contributed by atoms with Crippen LogP contribution in [0.3, 0.4) is 0 Å². The van der Waals surface area contributed by atoms with Crippen LogP contribution in [0.1, 0.15) is 39.5 Å². The van der Waals surface area contributed by atoms with Crippen molar-refractivity contribution in [1.29, 1.82) is 0 Å². The lowest BCUT2D eigenvalue weighted by Gasteiger charge is -2.28. The molecule has 112 valence electrons. The highest BCUT2D eigenvalue weighted by Gasteiger charge is 2.50. The van der Waals surface area contributed by atoms with Gasteiger partial charge in [0.25, 0.3) is 0 Å². The Morgan fingerprint density at radius 3 is 2.30 bits per heavy atom. The maximum atomic E-state index is 12.3. The highest BCUT2D eigenvalue weighted by molar-refractivity contribution is 5.73. The molecule has 0 aromatic rings. The zero-order chi connectivity index (χ0) is 13.9. The summed E-state index contributed by atoms with van der Waals surface area (Å²) in [7, 11) is 0. The first-order chi connectivity index (χ1) is 9.61. The van der Waals surface area contributed by atoms with Crippen molar-refractivity contribution in [2.45, 2.75) is 63.9 Å². The summed E-state index contributed by atoms with van der Waals surface area (Å²) in [4.78, 5) is 12.3. The molecule has 2 saturated carbocycles. The summed E-state index contributed by atoms with van der Waals surface area (Å²) >= 11 is 0. The molecule has 0 amide bonds. The van der Waals surface area contributed by atoms with E-state index in [0.717, 1.165) is 25.7 Å². The van der Waals surface area contributed by atoms with Crippen LogP contribution in [0.25, 0.3) is 0 Å². The molecular weight excluding hydrogens is 256 g/mol. The fourth-order valence-electron chi connectivity index (χ4n) is 4.15. The SMILES string of the molecule is C[C@H]1C[C@H]2O[C@H]2C[C@@H]1COC(=O)[C@H]1C[C@@H]2O[C@@H]2C[C@@H]1C. The van der Waals surface area contributed by atoms with Crippen LogP contribution in [0.2, 0.25) is 0 Å². The van der Waals surface area contributed by atoms with Crippen molar-refractivity contribution in [3.05, 3.63) is 0 Å². The topological polar surface area (TPSA) is 51.4 Å². The minimum atomic E-state index is -0.00233. The summed E-state index contributed by atoms with van der Waals surface area (Å²) in [5.41, 5.74) is 0. The molecule has 2 aliphatic carbocycles. The Kier molecular flexibility index (Phi) is 3.08. The predicted octanol–water partition coefficient (Wildman–Crippen LogP) is 2.16. The Bertz CT molecular complexity index is 409. The van der Waals surface area contributed by atoms with E-state index in [0.29, 0.717) is 48.8 Å². The third-order valence-electron chi connectivity index (χ3n) is 5.84. The third kappa shape index (κ3) is 2.37. The van der Waals surface area contributed by atoms with Gasteiger partial charge in [-0.1, -0.05) is 13.8 Å². The third-order valence-corrected chi connectivity index (χ3v) is 5.84. The van der Waals surface area contributed by atoms with Crippen LogP contribution >= 0.6 is 0 Å². The van der Waals surface area contributed by atoms with Gasteiger partial charge in [-0.05, 0) is 43.4 Å². The summed E-state index contributed by atoms with van der Waals surface area (Å²) in [6, 6.07) is 0. The number of hydrogen-bond donors (Lipinski definition) is 0. The molecule has 4 nitrogen and oxygen atoms in total. The van der Waals surface area contributed by atoms with Crippen molar-refractivity contribution in [3.8, 4) is 0 Å². The van der Waals surface area contributed by atoms with E-state index in [1.54, 1.807) is 0 Å². The Labute approximate surface area is 120 Å². The normalized spacial score (nSPS) is 52.7. The second-order valence-corrected chi connectivity index (χ2v) is 7.32. The van der Waals surface area contributed by atoms with Crippen molar-refractivity contribution < 1.29 is 19.0 Å². The van der Waals surface area contributed by atoms with E-state index in [1.165, 1.54) is 0 Å². The molecule has 2 saturated heterocycles. The quantitative estimate of drug-likeness (QED) is 0.587. The molecule has 4 aliphatic rings. The van der Waals surface area contributed by atoms with Gasteiger partial charge in [0.1, 0.15) is 0 Å². The van der Waals surface area contributed by atoms with Gasteiger partial charge in [-0.3, -0.25) is 4.79 Å². The van der Waals surface area contributed by atoms with Crippen LogP contribution in [0.5, 0.6) is 0 Å². The van der Waals surface area contributed by atoms with E-state index in [-0.39, 0.29) is 11.9 Å². The number of epoxide rings is 2. The largest absolute Gasteiger partial charge is 0.465 e. The molecule has 0 radical (unpaired) electrons. The fraction of sp³-hybridized carbons (Fsp3) is 0.938. The smallest absolute Gasteiger partial charge is 0.309 e. The van der Waals surface area contributed by atoms with Gasteiger partial charge < -0.3 is 14.2 Å². The molecule has 4 fully saturated rings. The van der Waals surface area contributed by atoms with Crippen molar-refractivity contribution >= 4 is 5.97 Å². The first-order valence-electron chi connectivity index (χ1n) is 8.09. The zero-order valence-corrected chi connectivity index (χ0v) is 12.3. The monoisotopic (exact) mass is 280 g/mol. The molecule has 4 heteroatoms. The van der Waals surface area contributed by atoms with Gasteiger partial charge in [0.2, 0.25) is 0 Å². The molecule has 0 aromatic carbocycles. The highest BCUT2D eigenvalue weighted by Crippen LogP contribution is 2.44. The Hall–Kier alpha value is -0.610. The molecule has 0 bridgehead atoms. The van der Waals surface area contributed by atoms with Crippen LogP contribution in [-0.4, -0.2) is 37.0 Å². The molecule has 4 rings (SSSR count). The number of carbonyl (C=O) groups is 1. The standard InChI is InChI=1S/C16H24O4/c1-8-3-12-14(19-12)5-10(8)7-18-16(17)11-6-15-13(20-15)4-9(11)2/h8-15H,3-7H2,1-2H3/t8-,9-,10+,11-,12+,13+,14-,15-/m0/s1. The van der Waals surface area contributed by atoms with Gasteiger partial charge in [-0.25, -0.2) is 0 Å². The van der Waals surface area contributed by atoms with E-state index in [1.807, 2.05) is 0 Å². The molecule has 8 atom stereocenters. The summed E-state index contributed by atoms with van der Waals surface area (Å²) in [6.45, 7) is 4.97. The van der Waals surface area contributed by atoms with Gasteiger partial charge in [0, 0.05) is 0 Å². The molecular formula is C16H24O4. The summed E-state index contributed by atoms with van der Waals surface area (Å²) in [5, 5.41) is 0. The lowest BCUT2D eigenvalue weighted by atomic mass is 9.80. The summed E-state index contributed by atoms with van der Waals surface area (Å²) in [6.07, 6.45) is 5.77. The van der Waals surface area contributed by atoms with Gasteiger partial charge in [0.05, 0.1) is 36.9 Å². The van der Waals surface area contributed by atoms with Crippen molar-refractivity contribution in [2.75, 3.05) is 6.61 Å². The first-order valence-corrected chi connectivity index (χ1v) is 8.09. The Morgan fingerprint density at radius 2 is 1.55 bits per heavy atom. The van der Waals surface area contributed by atoms with Gasteiger partial charge >= 0.3 is 5.97 Å². The fourth-order valence-corrected chi connectivity index (χ4v) is 4.15. The molecule has 0 unspecified atom stereocenters. The maximum Gasteiger partial charge on any atom is 0.309 e. The predicted molar refractivity (Wildman–Crippen MR) is 72.1 cm³/mol. The first kappa shape index (κ1) is 13.1. The lowest BCUT2D eigenvalue weighted by Crippen LogP contribution is -2.33. The summed E-state index contributed by atoms with van der Waals surface area (Å²) in [5.74, 6) is 1.52. The highest BCUT2D eigenvalue weighted by atomic mass is 16.6. The van der Waals surface area contributed by atoms with E-state index in [4.69, 9.17) is 14.2 Å². The van der Waals surface area contributed by atoms with Crippen LogP contribution < -0.4 is 0 Å². The number of carbonyl (C=O) groups excluding carboxylic acids is 1. The minimum absolute atomic E-state index is 0.00233.